The molecular weight excluding hydrogens is 745 g/mol. The molecule has 2 aromatic heterocycles. The summed E-state index contributed by atoms with van der Waals surface area (Å²) in [5, 5.41) is 4.50. The van der Waals surface area contributed by atoms with Crippen LogP contribution in [0.2, 0.25) is 0 Å². The quantitative estimate of drug-likeness (QED) is 0.160. The van der Waals surface area contributed by atoms with Crippen LogP contribution >= 0.6 is 15.9 Å². The van der Waals surface area contributed by atoms with Gasteiger partial charge in [0, 0.05) is 26.0 Å². The molecule has 0 N–H and O–H groups in total. The second-order valence-electron chi connectivity index (χ2n) is 17.4. The van der Waals surface area contributed by atoms with E-state index in [9.17, 15) is 0 Å². The van der Waals surface area contributed by atoms with Gasteiger partial charge in [0.05, 0.1) is 33.6 Å². The van der Waals surface area contributed by atoms with Gasteiger partial charge in [-0.05, 0) is 119 Å². The van der Waals surface area contributed by atoms with Crippen LogP contribution in [-0.2, 0) is 27.9 Å². The zero-order valence-corrected chi connectivity index (χ0v) is 35.0. The van der Waals surface area contributed by atoms with Gasteiger partial charge in [0.25, 0.3) is 0 Å². The Bertz CT molecular complexity index is 2240. The fraction of sp³-hybridized carbons (Fsp3) is 0.429. The van der Waals surface area contributed by atoms with Gasteiger partial charge >= 0.3 is 21.1 Å². The topological polar surface area (TPSA) is 81.7 Å². The zero-order valence-electron chi connectivity index (χ0n) is 33.5. The molecule has 0 saturated carbocycles. The van der Waals surface area contributed by atoms with Gasteiger partial charge in [-0.3, -0.25) is 0 Å². The summed E-state index contributed by atoms with van der Waals surface area (Å²) in [5.74, 6) is 0. The highest BCUT2D eigenvalue weighted by Crippen LogP contribution is 2.43. The van der Waals surface area contributed by atoms with Crippen molar-refractivity contribution in [2.75, 3.05) is 0 Å². The van der Waals surface area contributed by atoms with Crippen molar-refractivity contribution in [3.8, 4) is 0 Å². The summed E-state index contributed by atoms with van der Waals surface area (Å²) in [7, 11) is -1.33. The van der Waals surface area contributed by atoms with Crippen molar-refractivity contribution in [3.05, 3.63) is 89.4 Å². The third-order valence-corrected chi connectivity index (χ3v) is 12.7. The molecule has 3 saturated heterocycles. The van der Waals surface area contributed by atoms with Crippen molar-refractivity contribution >= 4 is 86.4 Å². The van der Waals surface area contributed by atoms with E-state index in [2.05, 4.69) is 61.8 Å². The van der Waals surface area contributed by atoms with E-state index in [1.54, 1.807) is 0 Å². The molecule has 0 amide bonds. The van der Waals surface area contributed by atoms with Crippen LogP contribution in [0.15, 0.2) is 98.2 Å². The Kier molecular flexibility index (Phi) is 9.82. The molecule has 54 heavy (non-hydrogen) atoms. The lowest BCUT2D eigenvalue weighted by molar-refractivity contribution is 0.00578. The van der Waals surface area contributed by atoms with E-state index in [1.807, 2.05) is 122 Å². The van der Waals surface area contributed by atoms with Crippen molar-refractivity contribution in [1.82, 2.24) is 0 Å². The number of halogens is 1. The molecule has 3 aliphatic heterocycles. The molecule has 5 heterocycles. The smallest absolute Gasteiger partial charge is 0.456 e. The lowest BCUT2D eigenvalue weighted by atomic mass is 9.49. The number of fused-ring (bicyclic) bond motifs is 6. The standard InChI is InChI=1S/C18H19BO3.C12H24B2O4.C12H7BrO/c1-17(2)18(3,4)22-19(21-17)13-9-7-11-15-16(13)12-8-5-6-10-14(12)20-15;1-9(2)10(3,4)16-13(15-9)14-17-11(5,6)12(7,8)18-14;13-9-5-3-7-11-12(9)8-4-1-2-6-10(8)14-11/h5-11H,1-4H3;1-8H3;1-7H. The first-order valence-electron chi connectivity index (χ1n) is 18.7. The number of rotatable bonds is 2. The van der Waals surface area contributed by atoms with E-state index in [0.29, 0.717) is 0 Å². The molecule has 6 aromatic rings. The molecule has 0 radical (unpaired) electrons. The van der Waals surface area contributed by atoms with Crippen molar-refractivity contribution < 1.29 is 36.8 Å². The lowest BCUT2D eigenvalue weighted by Gasteiger charge is -2.32. The lowest BCUT2D eigenvalue weighted by Crippen LogP contribution is -2.41. The summed E-state index contributed by atoms with van der Waals surface area (Å²) >= 11 is 3.54. The predicted molar refractivity (Wildman–Crippen MR) is 223 cm³/mol. The molecule has 8 nitrogen and oxygen atoms in total. The van der Waals surface area contributed by atoms with E-state index in [4.69, 9.17) is 36.8 Å². The maximum absolute atomic E-state index is 6.21. The zero-order chi connectivity index (χ0) is 39.1. The van der Waals surface area contributed by atoms with E-state index < -0.39 is 14.0 Å². The summed E-state index contributed by atoms with van der Waals surface area (Å²) in [6.07, 6.45) is 0. The number of hydrogen-bond donors (Lipinski definition) is 0. The van der Waals surface area contributed by atoms with Crippen molar-refractivity contribution in [2.24, 2.45) is 0 Å². The Hall–Kier alpha value is -3.09. The van der Waals surface area contributed by atoms with Crippen LogP contribution in [0, 0.1) is 0 Å². The highest BCUT2D eigenvalue weighted by molar-refractivity contribution is 9.10. The fourth-order valence-corrected chi connectivity index (χ4v) is 7.26. The predicted octanol–water partition coefficient (Wildman–Crippen LogP) is 10.5. The first-order valence-corrected chi connectivity index (χ1v) is 19.5. The summed E-state index contributed by atoms with van der Waals surface area (Å²) < 4.78 is 49.0. The SMILES string of the molecule is Brc1cccc2oc3ccccc3c12.CC1(C)OB(B2OC(C)(C)C(C)(C)O2)OC1(C)C.CC1(C)OB(c2cccc3oc4ccccc4c23)OC1(C)C. The van der Waals surface area contributed by atoms with E-state index in [1.165, 1.54) is 0 Å². The average molecular weight is 795 g/mol. The Morgan fingerprint density at radius 3 is 1.20 bits per heavy atom. The van der Waals surface area contributed by atoms with Crippen molar-refractivity contribution in [3.63, 3.8) is 0 Å². The maximum atomic E-state index is 6.21. The van der Waals surface area contributed by atoms with Gasteiger partial charge in [-0.1, -0.05) is 70.5 Å². The van der Waals surface area contributed by atoms with Gasteiger partial charge in [-0.15, -0.1) is 0 Å². The van der Waals surface area contributed by atoms with Crippen LogP contribution in [0.3, 0.4) is 0 Å². The summed E-state index contributed by atoms with van der Waals surface area (Å²) in [6, 6.07) is 28.2. The van der Waals surface area contributed by atoms with E-state index in [-0.39, 0.29) is 40.7 Å². The summed E-state index contributed by atoms with van der Waals surface area (Å²) in [5.41, 5.74) is 2.52. The van der Waals surface area contributed by atoms with Crippen molar-refractivity contribution in [2.45, 2.75) is 117 Å². The normalized spacial score (nSPS) is 21.8. The fourth-order valence-electron chi connectivity index (χ4n) is 6.70. The number of para-hydroxylation sites is 2. The van der Waals surface area contributed by atoms with Gasteiger partial charge in [0.15, 0.2) is 0 Å². The first kappa shape index (κ1) is 39.2. The van der Waals surface area contributed by atoms with Gasteiger partial charge in [0.2, 0.25) is 0 Å². The highest BCUT2D eigenvalue weighted by atomic mass is 79.9. The van der Waals surface area contributed by atoms with Gasteiger partial charge < -0.3 is 36.8 Å². The van der Waals surface area contributed by atoms with Crippen LogP contribution in [0.5, 0.6) is 0 Å². The first-order chi connectivity index (χ1) is 25.1. The Morgan fingerprint density at radius 1 is 0.389 bits per heavy atom. The molecular formula is C42H50B3BrO8. The summed E-state index contributed by atoms with van der Waals surface area (Å²) in [6.45, 7) is 24.5. The van der Waals surface area contributed by atoms with E-state index in [0.717, 1.165) is 53.8 Å². The van der Waals surface area contributed by atoms with Crippen LogP contribution in [-0.4, -0.2) is 54.7 Å². The minimum absolute atomic E-state index is 0.348. The van der Waals surface area contributed by atoms with Crippen LogP contribution in [0.4, 0.5) is 0 Å². The van der Waals surface area contributed by atoms with Crippen LogP contribution in [0.1, 0.15) is 83.1 Å². The largest absolute Gasteiger partial charge is 0.495 e. The molecule has 282 valence electrons. The molecule has 3 aliphatic rings. The van der Waals surface area contributed by atoms with Crippen LogP contribution in [0.25, 0.3) is 43.9 Å². The Balaban J connectivity index is 0.000000128. The average Bonchev–Trinajstić information content (AvgIpc) is 3.82. The molecule has 0 unspecified atom stereocenters. The number of hydrogen-bond acceptors (Lipinski definition) is 8. The number of furan rings is 2. The molecule has 12 heteroatoms. The highest BCUT2D eigenvalue weighted by Gasteiger charge is 2.63. The minimum Gasteiger partial charge on any atom is -0.456 e. The second kappa shape index (κ2) is 13.5. The van der Waals surface area contributed by atoms with Crippen LogP contribution < -0.4 is 5.46 Å². The maximum Gasteiger partial charge on any atom is 0.495 e. The number of benzene rings is 4. The Labute approximate surface area is 328 Å². The van der Waals surface area contributed by atoms with Gasteiger partial charge in [-0.2, -0.15) is 0 Å². The second-order valence-corrected chi connectivity index (χ2v) is 18.2. The minimum atomic E-state index is -0.476. The molecule has 4 aromatic carbocycles. The molecule has 3 fully saturated rings. The molecule has 0 spiro atoms. The summed E-state index contributed by atoms with van der Waals surface area (Å²) in [4.78, 5) is 0. The van der Waals surface area contributed by atoms with Crippen molar-refractivity contribution in [1.29, 1.82) is 0 Å². The Morgan fingerprint density at radius 2 is 0.741 bits per heavy atom. The molecule has 0 bridgehead atoms. The molecule has 9 rings (SSSR count). The van der Waals surface area contributed by atoms with Gasteiger partial charge in [-0.25, -0.2) is 0 Å². The third kappa shape index (κ3) is 6.86. The monoisotopic (exact) mass is 794 g/mol. The molecule has 0 atom stereocenters. The third-order valence-electron chi connectivity index (χ3n) is 12.1. The van der Waals surface area contributed by atoms with E-state index >= 15 is 0 Å². The molecule has 0 aliphatic carbocycles. The van der Waals surface area contributed by atoms with Gasteiger partial charge in [0.1, 0.15) is 22.3 Å².